The smallest absolute Gasteiger partial charge is 0.127 e. The van der Waals surface area contributed by atoms with E-state index in [4.69, 9.17) is 0 Å². The van der Waals surface area contributed by atoms with Crippen LogP contribution in [0, 0.1) is 11.7 Å². The van der Waals surface area contributed by atoms with Crippen molar-refractivity contribution in [2.45, 2.75) is 19.4 Å². The summed E-state index contributed by atoms with van der Waals surface area (Å²) in [7, 11) is 2.07. The van der Waals surface area contributed by atoms with Gasteiger partial charge in [0.05, 0.1) is 0 Å². The molecule has 1 heterocycles. The third kappa shape index (κ3) is 3.05. The summed E-state index contributed by atoms with van der Waals surface area (Å²) in [4.78, 5) is 2.23. The summed E-state index contributed by atoms with van der Waals surface area (Å²) < 4.78 is 13.6. The SMILES string of the molecule is CC(c1ccccc1F)N(C)CCC1CNC1. The van der Waals surface area contributed by atoms with Crippen molar-refractivity contribution in [3.63, 3.8) is 0 Å². The average molecular weight is 236 g/mol. The van der Waals surface area contributed by atoms with Crippen molar-refractivity contribution in [2.75, 3.05) is 26.7 Å². The normalized spacial score (nSPS) is 18.1. The molecular weight excluding hydrogens is 215 g/mol. The maximum atomic E-state index is 13.6. The van der Waals surface area contributed by atoms with Crippen molar-refractivity contribution in [1.29, 1.82) is 0 Å². The van der Waals surface area contributed by atoms with Crippen LogP contribution >= 0.6 is 0 Å². The summed E-state index contributed by atoms with van der Waals surface area (Å²) in [5.41, 5.74) is 0.793. The minimum atomic E-state index is -0.0999. The topological polar surface area (TPSA) is 15.3 Å². The average Bonchev–Trinajstić information content (AvgIpc) is 2.26. The number of rotatable bonds is 5. The second-order valence-electron chi connectivity index (χ2n) is 4.99. The van der Waals surface area contributed by atoms with Crippen LogP contribution < -0.4 is 5.32 Å². The van der Waals surface area contributed by atoms with Crippen LogP contribution in [0.3, 0.4) is 0 Å². The van der Waals surface area contributed by atoms with Crippen LogP contribution in [0.5, 0.6) is 0 Å². The Morgan fingerprint density at radius 2 is 2.12 bits per heavy atom. The van der Waals surface area contributed by atoms with E-state index in [1.165, 1.54) is 12.5 Å². The summed E-state index contributed by atoms with van der Waals surface area (Å²) in [6, 6.07) is 7.20. The second kappa shape index (κ2) is 5.61. The molecule has 3 heteroatoms. The van der Waals surface area contributed by atoms with E-state index in [0.717, 1.165) is 31.1 Å². The fourth-order valence-corrected chi connectivity index (χ4v) is 2.18. The van der Waals surface area contributed by atoms with E-state index >= 15 is 0 Å². The molecule has 1 aromatic carbocycles. The van der Waals surface area contributed by atoms with Crippen molar-refractivity contribution in [2.24, 2.45) is 5.92 Å². The van der Waals surface area contributed by atoms with E-state index in [1.807, 2.05) is 12.1 Å². The van der Waals surface area contributed by atoms with Crippen molar-refractivity contribution >= 4 is 0 Å². The third-order valence-electron chi connectivity index (χ3n) is 3.77. The molecule has 0 amide bonds. The van der Waals surface area contributed by atoms with Gasteiger partial charge in [-0.3, -0.25) is 4.90 Å². The minimum Gasteiger partial charge on any atom is -0.316 e. The monoisotopic (exact) mass is 236 g/mol. The van der Waals surface area contributed by atoms with Crippen LogP contribution in [0.4, 0.5) is 4.39 Å². The minimum absolute atomic E-state index is 0.0999. The molecule has 0 bridgehead atoms. The van der Waals surface area contributed by atoms with Crippen molar-refractivity contribution in [1.82, 2.24) is 10.2 Å². The zero-order valence-electron chi connectivity index (χ0n) is 10.6. The molecule has 1 unspecified atom stereocenters. The Morgan fingerprint density at radius 1 is 1.41 bits per heavy atom. The fourth-order valence-electron chi connectivity index (χ4n) is 2.18. The van der Waals surface area contributed by atoms with Gasteiger partial charge in [-0.05, 0) is 52.0 Å². The maximum absolute atomic E-state index is 13.6. The largest absolute Gasteiger partial charge is 0.316 e. The predicted molar refractivity (Wildman–Crippen MR) is 68.4 cm³/mol. The zero-order chi connectivity index (χ0) is 12.3. The molecule has 1 aliphatic heterocycles. The van der Waals surface area contributed by atoms with Crippen LogP contribution in [0.2, 0.25) is 0 Å². The van der Waals surface area contributed by atoms with Crippen LogP contribution in [-0.4, -0.2) is 31.6 Å². The van der Waals surface area contributed by atoms with Crippen molar-refractivity contribution in [3.05, 3.63) is 35.6 Å². The first kappa shape index (κ1) is 12.5. The molecule has 1 saturated heterocycles. The molecule has 1 aliphatic rings. The van der Waals surface area contributed by atoms with E-state index in [0.29, 0.717) is 0 Å². The van der Waals surface area contributed by atoms with Gasteiger partial charge in [-0.15, -0.1) is 0 Å². The Morgan fingerprint density at radius 3 is 2.71 bits per heavy atom. The molecule has 0 radical (unpaired) electrons. The van der Waals surface area contributed by atoms with Gasteiger partial charge in [-0.1, -0.05) is 18.2 Å². The molecule has 0 spiro atoms. The molecule has 2 nitrogen and oxygen atoms in total. The fraction of sp³-hybridized carbons (Fsp3) is 0.571. The highest BCUT2D eigenvalue weighted by molar-refractivity contribution is 5.20. The van der Waals surface area contributed by atoms with Gasteiger partial charge in [0.1, 0.15) is 5.82 Å². The number of nitrogens with one attached hydrogen (secondary N) is 1. The van der Waals surface area contributed by atoms with Gasteiger partial charge in [-0.25, -0.2) is 4.39 Å². The van der Waals surface area contributed by atoms with Gasteiger partial charge in [0.25, 0.3) is 0 Å². The Hall–Kier alpha value is -0.930. The molecule has 94 valence electrons. The lowest BCUT2D eigenvalue weighted by atomic mass is 9.98. The molecule has 0 aromatic heterocycles. The number of hydrogen-bond acceptors (Lipinski definition) is 2. The Bertz CT molecular complexity index is 363. The highest BCUT2D eigenvalue weighted by Gasteiger charge is 2.19. The highest BCUT2D eigenvalue weighted by atomic mass is 19.1. The predicted octanol–water partition coefficient (Wildman–Crippen LogP) is 2.43. The summed E-state index contributed by atoms with van der Waals surface area (Å²) >= 11 is 0. The lowest BCUT2D eigenvalue weighted by Crippen LogP contribution is -2.43. The summed E-state index contributed by atoms with van der Waals surface area (Å²) in [6.45, 7) is 5.38. The van der Waals surface area contributed by atoms with E-state index in [9.17, 15) is 4.39 Å². The van der Waals surface area contributed by atoms with E-state index in [2.05, 4.69) is 24.2 Å². The highest BCUT2D eigenvalue weighted by Crippen LogP contribution is 2.22. The zero-order valence-corrected chi connectivity index (χ0v) is 10.6. The standard InChI is InChI=1S/C14H21FN2/c1-11(13-5-3-4-6-14(13)15)17(2)8-7-12-9-16-10-12/h3-6,11-12,16H,7-10H2,1-2H3. The molecule has 1 aromatic rings. The van der Waals surface area contributed by atoms with E-state index in [-0.39, 0.29) is 11.9 Å². The molecule has 2 rings (SSSR count). The van der Waals surface area contributed by atoms with Crippen molar-refractivity contribution < 1.29 is 4.39 Å². The number of nitrogens with zero attached hydrogens (tertiary/aromatic N) is 1. The number of hydrogen-bond donors (Lipinski definition) is 1. The van der Waals surface area contributed by atoms with Gasteiger partial charge in [0, 0.05) is 11.6 Å². The van der Waals surface area contributed by atoms with Crippen LogP contribution in [-0.2, 0) is 0 Å². The van der Waals surface area contributed by atoms with Gasteiger partial charge in [0.15, 0.2) is 0 Å². The van der Waals surface area contributed by atoms with Gasteiger partial charge in [-0.2, -0.15) is 0 Å². The van der Waals surface area contributed by atoms with Crippen molar-refractivity contribution in [3.8, 4) is 0 Å². The second-order valence-corrected chi connectivity index (χ2v) is 4.99. The molecule has 1 fully saturated rings. The lowest BCUT2D eigenvalue weighted by molar-refractivity contribution is 0.214. The summed E-state index contributed by atoms with van der Waals surface area (Å²) in [5.74, 6) is 0.711. The molecule has 0 aliphatic carbocycles. The summed E-state index contributed by atoms with van der Waals surface area (Å²) in [5, 5.41) is 3.28. The van der Waals surface area contributed by atoms with Gasteiger partial charge in [0.2, 0.25) is 0 Å². The lowest BCUT2D eigenvalue weighted by Gasteiger charge is -2.31. The maximum Gasteiger partial charge on any atom is 0.127 e. The van der Waals surface area contributed by atoms with Crippen LogP contribution in [0.25, 0.3) is 0 Å². The third-order valence-corrected chi connectivity index (χ3v) is 3.77. The Kier molecular flexibility index (Phi) is 4.13. The molecule has 1 N–H and O–H groups in total. The van der Waals surface area contributed by atoms with Crippen LogP contribution in [0.1, 0.15) is 24.9 Å². The number of benzene rings is 1. The van der Waals surface area contributed by atoms with E-state index < -0.39 is 0 Å². The molecule has 0 saturated carbocycles. The first-order chi connectivity index (χ1) is 8.18. The van der Waals surface area contributed by atoms with Gasteiger partial charge < -0.3 is 5.32 Å². The summed E-state index contributed by atoms with van der Waals surface area (Å²) in [6.07, 6.45) is 1.20. The van der Waals surface area contributed by atoms with E-state index in [1.54, 1.807) is 6.07 Å². The Labute approximate surface area is 103 Å². The molecule has 1 atom stereocenters. The first-order valence-corrected chi connectivity index (χ1v) is 6.34. The Balaban J connectivity index is 1.89. The van der Waals surface area contributed by atoms with Gasteiger partial charge >= 0.3 is 0 Å². The molecular formula is C14H21FN2. The quantitative estimate of drug-likeness (QED) is 0.844. The number of halogens is 1. The first-order valence-electron chi connectivity index (χ1n) is 6.34. The van der Waals surface area contributed by atoms with Crippen LogP contribution in [0.15, 0.2) is 24.3 Å². The molecule has 17 heavy (non-hydrogen) atoms.